The van der Waals surface area contributed by atoms with Gasteiger partial charge in [0.2, 0.25) is 0 Å². The summed E-state index contributed by atoms with van der Waals surface area (Å²) < 4.78 is 0. The zero-order valence-corrected chi connectivity index (χ0v) is 14.1. The van der Waals surface area contributed by atoms with Crippen LogP contribution < -0.4 is 0 Å². The van der Waals surface area contributed by atoms with Crippen LogP contribution >= 0.6 is 0 Å². The Labute approximate surface area is 144 Å². The monoisotopic (exact) mass is 310 g/mol. The second kappa shape index (κ2) is 6.49. The van der Waals surface area contributed by atoms with Crippen molar-refractivity contribution in [2.45, 2.75) is 26.2 Å². The van der Waals surface area contributed by atoms with E-state index in [1.165, 1.54) is 45.4 Å². The van der Waals surface area contributed by atoms with Crippen LogP contribution in [0.4, 0.5) is 0 Å². The maximum Gasteiger partial charge on any atom is -0.00135 e. The van der Waals surface area contributed by atoms with Crippen molar-refractivity contribution in [1.29, 1.82) is 0 Å². The third kappa shape index (κ3) is 2.80. The van der Waals surface area contributed by atoms with Crippen molar-refractivity contribution in [2.24, 2.45) is 0 Å². The smallest absolute Gasteiger partial charge is 0.00135 e. The number of rotatable bonds is 4. The van der Waals surface area contributed by atoms with Gasteiger partial charge in [0.15, 0.2) is 0 Å². The van der Waals surface area contributed by atoms with Crippen LogP contribution in [0.15, 0.2) is 72.8 Å². The lowest BCUT2D eigenvalue weighted by molar-refractivity contribution is 0.922. The van der Waals surface area contributed by atoms with Gasteiger partial charge in [-0.1, -0.05) is 86.1 Å². The summed E-state index contributed by atoms with van der Waals surface area (Å²) in [6.07, 6.45) is 5.76. The summed E-state index contributed by atoms with van der Waals surface area (Å²) in [5.41, 5.74) is 9.66. The predicted octanol–water partition coefficient (Wildman–Crippen LogP) is 6.40. The fourth-order valence-corrected chi connectivity index (χ4v) is 3.60. The number of hydrogen-bond acceptors (Lipinski definition) is 0. The summed E-state index contributed by atoms with van der Waals surface area (Å²) in [5.74, 6) is 0. The zero-order valence-electron chi connectivity index (χ0n) is 14.1. The van der Waals surface area contributed by atoms with Crippen LogP contribution in [0.2, 0.25) is 0 Å². The molecule has 118 valence electrons. The molecule has 0 heterocycles. The first-order valence-electron chi connectivity index (χ1n) is 8.82. The molecule has 0 N–H and O–H groups in total. The first kappa shape index (κ1) is 15.0. The van der Waals surface area contributed by atoms with Crippen molar-refractivity contribution >= 4 is 11.6 Å². The van der Waals surface area contributed by atoms with Crippen LogP contribution in [0.3, 0.4) is 0 Å². The molecular formula is C24H22. The lowest BCUT2D eigenvalue weighted by atomic mass is 9.96. The normalized spacial score (nSPS) is 12.8. The number of hydrogen-bond donors (Lipinski definition) is 0. The molecule has 0 radical (unpaired) electrons. The molecule has 3 aromatic carbocycles. The Morgan fingerprint density at radius 3 is 2.29 bits per heavy atom. The van der Waals surface area contributed by atoms with Gasteiger partial charge in [0.25, 0.3) is 0 Å². The van der Waals surface area contributed by atoms with Crippen molar-refractivity contribution < 1.29 is 0 Å². The van der Waals surface area contributed by atoms with Gasteiger partial charge in [0.05, 0.1) is 0 Å². The topological polar surface area (TPSA) is 0 Å². The quantitative estimate of drug-likeness (QED) is 0.523. The minimum absolute atomic E-state index is 1.03. The van der Waals surface area contributed by atoms with Gasteiger partial charge in [-0.15, -0.1) is 0 Å². The van der Waals surface area contributed by atoms with Crippen LogP contribution in [-0.2, 0) is 12.8 Å². The van der Waals surface area contributed by atoms with E-state index in [0.717, 1.165) is 12.8 Å². The molecular weight excluding hydrogens is 288 g/mol. The molecule has 3 aromatic rings. The maximum absolute atomic E-state index is 2.37. The van der Waals surface area contributed by atoms with Crippen LogP contribution in [0, 0.1) is 0 Å². The Balaban J connectivity index is 1.73. The second-order valence-electron chi connectivity index (χ2n) is 6.54. The summed E-state index contributed by atoms with van der Waals surface area (Å²) in [6.45, 7) is 2.23. The molecule has 0 unspecified atom stereocenters. The van der Waals surface area contributed by atoms with Gasteiger partial charge in [-0.05, 0) is 57.9 Å². The molecule has 0 nitrogen and oxygen atoms in total. The van der Waals surface area contributed by atoms with Crippen LogP contribution in [0.25, 0.3) is 22.8 Å². The molecule has 1 aliphatic rings. The highest BCUT2D eigenvalue weighted by molar-refractivity contribution is 5.93. The molecule has 0 spiro atoms. The third-order valence-corrected chi connectivity index (χ3v) is 4.84. The van der Waals surface area contributed by atoms with E-state index < -0.39 is 0 Å². The molecule has 0 atom stereocenters. The molecule has 0 aromatic heterocycles. The Bertz CT molecular complexity index is 868. The summed E-state index contributed by atoms with van der Waals surface area (Å²) in [5, 5.41) is 0. The molecule has 0 saturated carbocycles. The first-order valence-corrected chi connectivity index (χ1v) is 8.82. The fraction of sp³-hybridized carbons (Fsp3) is 0.167. The highest BCUT2D eigenvalue weighted by Crippen LogP contribution is 2.37. The summed E-state index contributed by atoms with van der Waals surface area (Å²) in [7, 11) is 0. The molecule has 0 heteroatoms. The fourth-order valence-electron chi connectivity index (χ4n) is 3.60. The average molecular weight is 310 g/mol. The zero-order chi connectivity index (χ0) is 16.4. The van der Waals surface area contributed by atoms with Gasteiger partial charge >= 0.3 is 0 Å². The second-order valence-corrected chi connectivity index (χ2v) is 6.54. The minimum atomic E-state index is 1.03. The Hall–Kier alpha value is -2.60. The van der Waals surface area contributed by atoms with Gasteiger partial charge in [-0.2, -0.15) is 0 Å². The summed E-state index contributed by atoms with van der Waals surface area (Å²) >= 11 is 0. The molecule has 0 amide bonds. The van der Waals surface area contributed by atoms with Crippen molar-refractivity contribution in [2.75, 3.05) is 0 Å². The maximum atomic E-state index is 2.37. The number of benzene rings is 3. The van der Waals surface area contributed by atoms with Crippen molar-refractivity contribution in [3.05, 3.63) is 95.1 Å². The van der Waals surface area contributed by atoms with E-state index in [1.807, 2.05) is 0 Å². The van der Waals surface area contributed by atoms with Crippen LogP contribution in [0.5, 0.6) is 0 Å². The SMILES string of the molecule is CCCc1ccc(-c2cccc3c2C=C(c2ccccc2)C3)cc1. The van der Waals surface area contributed by atoms with E-state index in [0.29, 0.717) is 0 Å². The van der Waals surface area contributed by atoms with Crippen molar-refractivity contribution in [3.8, 4) is 11.1 Å². The van der Waals surface area contributed by atoms with Crippen LogP contribution in [-0.4, -0.2) is 0 Å². The number of allylic oxidation sites excluding steroid dienone is 1. The van der Waals surface area contributed by atoms with E-state index in [-0.39, 0.29) is 0 Å². The Morgan fingerprint density at radius 1 is 0.750 bits per heavy atom. The molecule has 1 aliphatic carbocycles. The lowest BCUT2D eigenvalue weighted by Crippen LogP contribution is -1.89. The lowest BCUT2D eigenvalue weighted by Gasteiger charge is -2.08. The Morgan fingerprint density at radius 2 is 1.54 bits per heavy atom. The van der Waals surface area contributed by atoms with Gasteiger partial charge in [0, 0.05) is 0 Å². The van der Waals surface area contributed by atoms with E-state index in [1.54, 1.807) is 0 Å². The summed E-state index contributed by atoms with van der Waals surface area (Å²) in [6, 6.07) is 26.5. The van der Waals surface area contributed by atoms with Gasteiger partial charge in [0.1, 0.15) is 0 Å². The van der Waals surface area contributed by atoms with Crippen LogP contribution in [0.1, 0.15) is 35.6 Å². The van der Waals surface area contributed by atoms with E-state index in [9.17, 15) is 0 Å². The van der Waals surface area contributed by atoms with Gasteiger partial charge in [-0.25, -0.2) is 0 Å². The van der Waals surface area contributed by atoms with Crippen molar-refractivity contribution in [3.63, 3.8) is 0 Å². The number of aryl methyl sites for hydroxylation is 1. The molecule has 0 aliphatic heterocycles. The van der Waals surface area contributed by atoms with E-state index in [4.69, 9.17) is 0 Å². The van der Waals surface area contributed by atoms with Gasteiger partial charge in [-0.3, -0.25) is 0 Å². The largest absolute Gasteiger partial charge is 0.0651 e. The first-order chi connectivity index (χ1) is 11.8. The third-order valence-electron chi connectivity index (χ3n) is 4.84. The number of fused-ring (bicyclic) bond motifs is 1. The highest BCUT2D eigenvalue weighted by atomic mass is 14.2. The molecule has 0 bridgehead atoms. The molecule has 24 heavy (non-hydrogen) atoms. The summed E-state index contributed by atoms with van der Waals surface area (Å²) in [4.78, 5) is 0. The van der Waals surface area contributed by atoms with E-state index in [2.05, 4.69) is 85.8 Å². The minimum Gasteiger partial charge on any atom is -0.0651 e. The Kier molecular flexibility index (Phi) is 4.04. The molecule has 4 rings (SSSR count). The molecule has 0 fully saturated rings. The molecule has 0 saturated heterocycles. The van der Waals surface area contributed by atoms with Gasteiger partial charge < -0.3 is 0 Å². The highest BCUT2D eigenvalue weighted by Gasteiger charge is 2.17. The predicted molar refractivity (Wildman–Crippen MR) is 104 cm³/mol. The van der Waals surface area contributed by atoms with Crippen molar-refractivity contribution in [1.82, 2.24) is 0 Å². The average Bonchev–Trinajstić information content (AvgIpc) is 3.08. The van der Waals surface area contributed by atoms with E-state index >= 15 is 0 Å². The standard InChI is InChI=1S/C24H22/c1-2-7-18-12-14-20(15-13-18)23-11-6-10-21-16-22(17-24(21)23)19-8-4-3-5-9-19/h3-6,8-15,17H,2,7,16H2,1H3.